The van der Waals surface area contributed by atoms with E-state index in [0.29, 0.717) is 17.2 Å². The third-order valence-electron chi connectivity index (χ3n) is 7.09. The summed E-state index contributed by atoms with van der Waals surface area (Å²) in [6.07, 6.45) is 5.30. The van der Waals surface area contributed by atoms with Gasteiger partial charge < -0.3 is 0 Å². The van der Waals surface area contributed by atoms with Crippen molar-refractivity contribution in [2.24, 2.45) is 0 Å². The van der Waals surface area contributed by atoms with Gasteiger partial charge in [0, 0.05) is 24.3 Å². The van der Waals surface area contributed by atoms with Crippen LogP contribution in [-0.4, -0.2) is 41.2 Å². The monoisotopic (exact) mass is 548 g/mol. The number of hydrogen-bond donors (Lipinski definition) is 0. The highest BCUT2D eigenvalue weighted by atomic mass is 32.2. The second-order valence-electron chi connectivity index (χ2n) is 9.84. The van der Waals surface area contributed by atoms with Crippen molar-refractivity contribution in [2.45, 2.75) is 63.9 Å². The van der Waals surface area contributed by atoms with E-state index in [1.54, 1.807) is 39.7 Å². The molecular formula is C29H32N4O3S2. The minimum absolute atomic E-state index is 0.0232. The molecule has 5 rings (SSSR count). The summed E-state index contributed by atoms with van der Waals surface area (Å²) in [4.78, 5) is 24.9. The molecule has 1 saturated heterocycles. The van der Waals surface area contributed by atoms with Crippen molar-refractivity contribution in [3.05, 3.63) is 83.2 Å². The zero-order valence-electron chi connectivity index (χ0n) is 21.9. The second kappa shape index (κ2) is 10.9. The first kappa shape index (κ1) is 26.5. The Morgan fingerprint density at radius 3 is 2.61 bits per heavy atom. The van der Waals surface area contributed by atoms with Gasteiger partial charge in [0.05, 0.1) is 27.4 Å². The van der Waals surface area contributed by atoms with Crippen molar-refractivity contribution < 1.29 is 13.2 Å². The molecule has 2 aromatic carbocycles. The van der Waals surface area contributed by atoms with E-state index in [1.165, 1.54) is 11.3 Å². The number of amides is 1. The Kier molecular flexibility index (Phi) is 7.61. The van der Waals surface area contributed by atoms with Gasteiger partial charge in [-0.1, -0.05) is 36.8 Å². The first-order valence-corrected chi connectivity index (χ1v) is 15.2. The number of piperidine rings is 1. The predicted octanol–water partition coefficient (Wildman–Crippen LogP) is 6.11. The maximum absolute atomic E-state index is 13.8. The molecule has 1 amide bonds. The molecule has 0 N–H and O–H groups in total. The van der Waals surface area contributed by atoms with Crippen molar-refractivity contribution in [3.8, 4) is 0 Å². The molecule has 1 atom stereocenters. The van der Waals surface area contributed by atoms with Crippen LogP contribution in [0, 0.1) is 13.8 Å². The average molecular weight is 549 g/mol. The van der Waals surface area contributed by atoms with Crippen molar-refractivity contribution in [3.63, 3.8) is 0 Å². The van der Waals surface area contributed by atoms with Crippen LogP contribution >= 0.6 is 11.3 Å². The molecule has 2 aromatic heterocycles. The third-order valence-corrected chi connectivity index (χ3v) is 10.1. The van der Waals surface area contributed by atoms with E-state index in [9.17, 15) is 13.2 Å². The number of aromatic nitrogens is 2. The highest BCUT2D eigenvalue weighted by molar-refractivity contribution is 7.89. The van der Waals surface area contributed by atoms with Crippen LogP contribution < -0.4 is 4.90 Å². The first-order chi connectivity index (χ1) is 18.3. The lowest BCUT2D eigenvalue weighted by molar-refractivity contribution is 0.0984. The zero-order valence-corrected chi connectivity index (χ0v) is 23.6. The molecule has 4 aromatic rings. The van der Waals surface area contributed by atoms with E-state index in [1.807, 2.05) is 39.0 Å². The van der Waals surface area contributed by atoms with E-state index in [2.05, 4.69) is 17.1 Å². The van der Waals surface area contributed by atoms with Crippen LogP contribution in [0.25, 0.3) is 10.2 Å². The van der Waals surface area contributed by atoms with Gasteiger partial charge in [0.25, 0.3) is 5.91 Å². The number of sulfonamides is 1. The Labute approximate surface area is 228 Å². The van der Waals surface area contributed by atoms with Crippen molar-refractivity contribution in [2.75, 3.05) is 11.4 Å². The normalized spacial score (nSPS) is 16.6. The number of anilines is 1. The Morgan fingerprint density at radius 1 is 1.11 bits per heavy atom. The van der Waals surface area contributed by atoms with Crippen LogP contribution in [-0.2, 0) is 16.6 Å². The van der Waals surface area contributed by atoms with Gasteiger partial charge in [0.15, 0.2) is 5.13 Å². The van der Waals surface area contributed by atoms with Crippen molar-refractivity contribution >= 4 is 42.6 Å². The molecule has 1 aliphatic rings. The van der Waals surface area contributed by atoms with Gasteiger partial charge in [-0.15, -0.1) is 0 Å². The lowest BCUT2D eigenvalue weighted by Gasteiger charge is -2.34. The molecule has 1 fully saturated rings. The number of carbonyl (C=O) groups excluding carboxylic acids is 1. The van der Waals surface area contributed by atoms with E-state index < -0.39 is 10.0 Å². The number of pyridine rings is 1. The molecule has 0 bridgehead atoms. The molecule has 0 aliphatic carbocycles. The molecule has 9 heteroatoms. The number of rotatable bonds is 7. The SMILES string of the molecule is CCC1CCCCN1S(=O)(=O)c1ccc(C(=O)N(Cc2ccccn2)c2nc3c(C)cc(C)cc3s2)cc1. The number of fused-ring (bicyclic) bond motifs is 1. The second-order valence-corrected chi connectivity index (χ2v) is 12.7. The average Bonchev–Trinajstić information content (AvgIpc) is 3.36. The van der Waals surface area contributed by atoms with Gasteiger partial charge in [-0.3, -0.25) is 14.7 Å². The minimum atomic E-state index is -3.62. The lowest BCUT2D eigenvalue weighted by Crippen LogP contribution is -2.43. The molecule has 0 radical (unpaired) electrons. The number of nitrogens with zero attached hydrogens (tertiary/aromatic N) is 4. The third kappa shape index (κ3) is 5.23. The topological polar surface area (TPSA) is 83.5 Å². The van der Waals surface area contributed by atoms with Gasteiger partial charge in [0.2, 0.25) is 10.0 Å². The Bertz CT molecular complexity index is 1550. The summed E-state index contributed by atoms with van der Waals surface area (Å²) in [5.74, 6) is -0.252. The van der Waals surface area contributed by atoms with Gasteiger partial charge in [-0.05, 0) is 86.7 Å². The Hall–Kier alpha value is -3.14. The molecular weight excluding hydrogens is 516 g/mol. The number of benzene rings is 2. The van der Waals surface area contributed by atoms with Gasteiger partial charge in [-0.2, -0.15) is 4.31 Å². The molecule has 0 spiro atoms. The summed E-state index contributed by atoms with van der Waals surface area (Å²) in [7, 11) is -3.62. The molecule has 1 unspecified atom stereocenters. The smallest absolute Gasteiger partial charge is 0.260 e. The highest BCUT2D eigenvalue weighted by Gasteiger charge is 2.32. The highest BCUT2D eigenvalue weighted by Crippen LogP contribution is 2.33. The predicted molar refractivity (Wildman–Crippen MR) is 152 cm³/mol. The van der Waals surface area contributed by atoms with Crippen LogP contribution in [0.15, 0.2) is 65.7 Å². The fourth-order valence-electron chi connectivity index (χ4n) is 5.11. The molecule has 198 valence electrons. The molecule has 0 saturated carbocycles. The fourth-order valence-corrected chi connectivity index (χ4v) is 8.02. The Morgan fingerprint density at radius 2 is 1.89 bits per heavy atom. The standard InChI is InChI=1S/C29H32N4O3S2/c1-4-24-10-6-8-16-33(24)38(35,36)25-13-11-22(12-14-25)28(34)32(19-23-9-5-7-15-30-23)29-31-27-21(3)17-20(2)18-26(27)37-29/h5,7,9,11-15,17-18,24H,4,6,8,10,16,19H2,1-3H3. The van der Waals surface area contributed by atoms with E-state index >= 15 is 0 Å². The fraction of sp³-hybridized carbons (Fsp3) is 0.345. The van der Waals surface area contributed by atoms with Gasteiger partial charge >= 0.3 is 0 Å². The van der Waals surface area contributed by atoms with Gasteiger partial charge in [0.1, 0.15) is 0 Å². The Balaban J connectivity index is 1.48. The first-order valence-electron chi connectivity index (χ1n) is 13.0. The molecule has 7 nitrogen and oxygen atoms in total. The van der Waals surface area contributed by atoms with E-state index in [-0.39, 0.29) is 23.4 Å². The number of hydrogen-bond acceptors (Lipinski definition) is 6. The number of aryl methyl sites for hydroxylation is 2. The zero-order chi connectivity index (χ0) is 26.9. The number of carbonyl (C=O) groups is 1. The summed E-state index contributed by atoms with van der Waals surface area (Å²) < 4.78 is 29.5. The van der Waals surface area contributed by atoms with E-state index in [0.717, 1.165) is 52.7 Å². The molecule has 1 aliphatic heterocycles. The summed E-state index contributed by atoms with van der Waals surface area (Å²) in [5, 5.41) is 0.583. The van der Waals surface area contributed by atoms with Crippen LogP contribution in [0.2, 0.25) is 0 Å². The van der Waals surface area contributed by atoms with Crippen LogP contribution in [0.5, 0.6) is 0 Å². The van der Waals surface area contributed by atoms with Crippen molar-refractivity contribution in [1.29, 1.82) is 0 Å². The van der Waals surface area contributed by atoms with Crippen LogP contribution in [0.4, 0.5) is 5.13 Å². The summed E-state index contributed by atoms with van der Waals surface area (Å²) in [6.45, 7) is 6.89. The number of thiazole rings is 1. The summed E-state index contributed by atoms with van der Waals surface area (Å²) in [5.41, 5.74) is 4.22. The maximum atomic E-state index is 13.8. The summed E-state index contributed by atoms with van der Waals surface area (Å²) in [6, 6.07) is 16.1. The van der Waals surface area contributed by atoms with Gasteiger partial charge in [-0.25, -0.2) is 13.4 Å². The molecule has 38 heavy (non-hydrogen) atoms. The maximum Gasteiger partial charge on any atom is 0.260 e. The largest absolute Gasteiger partial charge is 0.278 e. The minimum Gasteiger partial charge on any atom is -0.278 e. The van der Waals surface area contributed by atoms with Crippen LogP contribution in [0.1, 0.15) is 59.8 Å². The lowest BCUT2D eigenvalue weighted by atomic mass is 10.0. The summed E-state index contributed by atoms with van der Waals surface area (Å²) >= 11 is 1.47. The van der Waals surface area contributed by atoms with E-state index in [4.69, 9.17) is 4.98 Å². The molecule has 3 heterocycles. The quantitative estimate of drug-likeness (QED) is 0.278. The van der Waals surface area contributed by atoms with Crippen molar-refractivity contribution in [1.82, 2.24) is 14.3 Å². The van der Waals surface area contributed by atoms with Crippen LogP contribution in [0.3, 0.4) is 0 Å².